The Balaban J connectivity index is 1.10. The molecule has 0 saturated heterocycles. The SMILES string of the molecule is c1ccc(C2=NC(c3cccc4oc5ccc(-c6ccc(-c7ccccc7)cc6)cc5c34)N=C(c3ccc4c(ccc5ccccc54)c3)N2)cc1. The Hall–Kier alpha value is -6.78. The summed E-state index contributed by atoms with van der Waals surface area (Å²) in [5.41, 5.74) is 9.37. The van der Waals surface area contributed by atoms with Gasteiger partial charge in [-0.25, -0.2) is 9.98 Å². The molecule has 51 heavy (non-hydrogen) atoms. The van der Waals surface area contributed by atoms with Gasteiger partial charge in [-0.2, -0.15) is 0 Å². The molecule has 1 unspecified atom stereocenters. The molecule has 1 atom stereocenters. The summed E-state index contributed by atoms with van der Waals surface area (Å²) in [6.45, 7) is 0. The maximum atomic E-state index is 6.45. The number of hydrogen-bond donors (Lipinski definition) is 1. The molecule has 2 heterocycles. The van der Waals surface area contributed by atoms with E-state index in [-0.39, 0.29) is 0 Å². The van der Waals surface area contributed by atoms with Gasteiger partial charge in [0.15, 0.2) is 6.17 Å². The van der Waals surface area contributed by atoms with Gasteiger partial charge in [0.05, 0.1) is 0 Å². The molecule has 0 fully saturated rings. The van der Waals surface area contributed by atoms with E-state index in [0.29, 0.717) is 0 Å². The predicted molar refractivity (Wildman–Crippen MR) is 211 cm³/mol. The second-order valence-corrected chi connectivity index (χ2v) is 13.0. The van der Waals surface area contributed by atoms with Crippen molar-refractivity contribution in [2.75, 3.05) is 0 Å². The van der Waals surface area contributed by atoms with Crippen molar-refractivity contribution in [3.63, 3.8) is 0 Å². The third-order valence-electron chi connectivity index (χ3n) is 9.94. The lowest BCUT2D eigenvalue weighted by atomic mass is 9.97. The number of aliphatic imine (C=N–C) groups is 2. The number of nitrogens with zero attached hydrogens (tertiary/aromatic N) is 2. The number of rotatable bonds is 5. The summed E-state index contributed by atoms with van der Waals surface area (Å²) in [5.74, 6) is 1.57. The molecule has 0 saturated carbocycles. The maximum Gasteiger partial charge on any atom is 0.170 e. The molecule has 240 valence electrons. The van der Waals surface area contributed by atoms with Crippen LogP contribution in [-0.4, -0.2) is 11.7 Å². The van der Waals surface area contributed by atoms with Crippen LogP contribution in [0.25, 0.3) is 65.7 Å². The van der Waals surface area contributed by atoms with Crippen molar-refractivity contribution in [2.45, 2.75) is 6.17 Å². The van der Waals surface area contributed by atoms with Gasteiger partial charge in [-0.05, 0) is 68.1 Å². The minimum Gasteiger partial charge on any atom is -0.456 e. The Morgan fingerprint density at radius 2 is 1.00 bits per heavy atom. The standard InChI is InChI=1S/C47H31N3O/c1-3-10-30(11-4-1)31-18-20-32(21-19-31)35-25-27-42-41(29-35)44-40(16-9-17-43(44)51-42)47-49-45(34-13-5-2-6-14-34)48-46(50-47)37-24-26-39-36(28-37)23-22-33-12-7-8-15-38(33)39/h1-29,47H,(H,48,49,50). The summed E-state index contributed by atoms with van der Waals surface area (Å²) in [6, 6.07) is 61.7. The molecular formula is C47H31N3O. The van der Waals surface area contributed by atoms with Crippen LogP contribution in [0, 0.1) is 0 Å². The van der Waals surface area contributed by atoms with Gasteiger partial charge in [-0.15, -0.1) is 0 Å². The zero-order chi connectivity index (χ0) is 33.7. The second-order valence-electron chi connectivity index (χ2n) is 13.0. The van der Waals surface area contributed by atoms with Gasteiger partial charge in [-0.1, -0.05) is 152 Å². The largest absolute Gasteiger partial charge is 0.456 e. The van der Waals surface area contributed by atoms with Crippen LogP contribution in [-0.2, 0) is 0 Å². The maximum absolute atomic E-state index is 6.45. The van der Waals surface area contributed by atoms with Crippen LogP contribution in [0.2, 0.25) is 0 Å². The molecule has 4 heteroatoms. The fourth-order valence-corrected chi connectivity index (χ4v) is 7.37. The summed E-state index contributed by atoms with van der Waals surface area (Å²) in [7, 11) is 0. The highest BCUT2D eigenvalue weighted by Gasteiger charge is 2.24. The van der Waals surface area contributed by atoms with E-state index in [1.807, 2.05) is 36.4 Å². The van der Waals surface area contributed by atoms with Crippen molar-refractivity contribution in [1.29, 1.82) is 0 Å². The molecule has 1 aromatic heterocycles. The molecule has 0 spiro atoms. The van der Waals surface area contributed by atoms with Crippen molar-refractivity contribution in [3.8, 4) is 22.3 Å². The summed E-state index contributed by atoms with van der Waals surface area (Å²) < 4.78 is 6.45. The molecule has 0 amide bonds. The van der Waals surface area contributed by atoms with Crippen LogP contribution >= 0.6 is 0 Å². The van der Waals surface area contributed by atoms with Crippen LogP contribution in [0.4, 0.5) is 0 Å². The smallest absolute Gasteiger partial charge is 0.170 e. The highest BCUT2D eigenvalue weighted by Crippen LogP contribution is 2.39. The predicted octanol–water partition coefficient (Wildman–Crippen LogP) is 11.7. The lowest BCUT2D eigenvalue weighted by Crippen LogP contribution is -2.36. The summed E-state index contributed by atoms with van der Waals surface area (Å²) >= 11 is 0. The number of nitrogens with one attached hydrogen (secondary N) is 1. The molecular weight excluding hydrogens is 623 g/mol. The Bertz CT molecular complexity index is 2820. The molecule has 8 aromatic carbocycles. The van der Waals surface area contributed by atoms with E-state index in [2.05, 4.69) is 145 Å². The molecule has 1 aliphatic heterocycles. The van der Waals surface area contributed by atoms with Gasteiger partial charge in [-0.3, -0.25) is 0 Å². The highest BCUT2D eigenvalue weighted by atomic mass is 16.3. The Labute approximate surface area is 295 Å². The monoisotopic (exact) mass is 653 g/mol. The lowest BCUT2D eigenvalue weighted by Gasteiger charge is -2.23. The Morgan fingerprint density at radius 3 is 1.80 bits per heavy atom. The average Bonchev–Trinajstić information content (AvgIpc) is 3.59. The number of benzene rings is 8. The zero-order valence-electron chi connectivity index (χ0n) is 27.6. The summed E-state index contributed by atoms with van der Waals surface area (Å²) in [6.07, 6.45) is -0.484. The molecule has 0 radical (unpaired) electrons. The van der Waals surface area contributed by atoms with Crippen LogP contribution in [0.15, 0.2) is 190 Å². The van der Waals surface area contributed by atoms with E-state index in [0.717, 1.165) is 61.4 Å². The summed E-state index contributed by atoms with van der Waals surface area (Å²) in [4.78, 5) is 10.5. The number of hydrogen-bond acceptors (Lipinski definition) is 4. The molecule has 0 bridgehead atoms. The normalized spacial score (nSPS) is 14.5. The van der Waals surface area contributed by atoms with Crippen molar-refractivity contribution in [3.05, 3.63) is 193 Å². The molecule has 4 nitrogen and oxygen atoms in total. The van der Waals surface area contributed by atoms with E-state index in [1.165, 1.54) is 32.7 Å². The average molecular weight is 654 g/mol. The van der Waals surface area contributed by atoms with E-state index < -0.39 is 6.17 Å². The van der Waals surface area contributed by atoms with Gasteiger partial charge in [0, 0.05) is 27.5 Å². The minimum absolute atomic E-state index is 0.484. The first-order valence-electron chi connectivity index (χ1n) is 17.3. The molecule has 1 aliphatic rings. The highest BCUT2D eigenvalue weighted by molar-refractivity contribution is 6.18. The molecule has 9 aromatic rings. The third-order valence-corrected chi connectivity index (χ3v) is 9.94. The van der Waals surface area contributed by atoms with E-state index >= 15 is 0 Å². The minimum atomic E-state index is -0.484. The van der Waals surface area contributed by atoms with Crippen molar-refractivity contribution in [2.24, 2.45) is 9.98 Å². The van der Waals surface area contributed by atoms with Gasteiger partial charge >= 0.3 is 0 Å². The van der Waals surface area contributed by atoms with Gasteiger partial charge < -0.3 is 9.73 Å². The third kappa shape index (κ3) is 5.17. The van der Waals surface area contributed by atoms with Gasteiger partial charge in [0.25, 0.3) is 0 Å². The van der Waals surface area contributed by atoms with Crippen LogP contribution < -0.4 is 5.32 Å². The van der Waals surface area contributed by atoms with Gasteiger partial charge in [0.1, 0.15) is 22.8 Å². The van der Waals surface area contributed by atoms with Crippen molar-refractivity contribution >= 4 is 55.2 Å². The first kappa shape index (κ1) is 29.2. The zero-order valence-corrected chi connectivity index (χ0v) is 27.6. The van der Waals surface area contributed by atoms with Crippen molar-refractivity contribution < 1.29 is 4.42 Å². The fourth-order valence-electron chi connectivity index (χ4n) is 7.37. The van der Waals surface area contributed by atoms with Crippen LogP contribution in [0.3, 0.4) is 0 Å². The number of amidine groups is 2. The van der Waals surface area contributed by atoms with Crippen LogP contribution in [0.1, 0.15) is 22.9 Å². The second kappa shape index (κ2) is 12.0. The van der Waals surface area contributed by atoms with E-state index in [1.54, 1.807) is 0 Å². The molecule has 1 N–H and O–H groups in total. The fraction of sp³-hybridized carbons (Fsp3) is 0.0213. The molecule has 10 rings (SSSR count). The lowest BCUT2D eigenvalue weighted by molar-refractivity contribution is 0.667. The first-order chi connectivity index (χ1) is 25.2. The number of furan rings is 1. The first-order valence-corrected chi connectivity index (χ1v) is 17.3. The van der Waals surface area contributed by atoms with E-state index in [9.17, 15) is 0 Å². The summed E-state index contributed by atoms with van der Waals surface area (Å²) in [5, 5.41) is 10.5. The topological polar surface area (TPSA) is 49.9 Å². The Kier molecular flexibility index (Phi) is 6.85. The quantitative estimate of drug-likeness (QED) is 0.188. The number of fused-ring (bicyclic) bond motifs is 6. The molecule has 0 aliphatic carbocycles. The van der Waals surface area contributed by atoms with Crippen molar-refractivity contribution in [1.82, 2.24) is 5.32 Å². The van der Waals surface area contributed by atoms with Gasteiger partial charge in [0.2, 0.25) is 0 Å². The van der Waals surface area contributed by atoms with E-state index in [4.69, 9.17) is 14.4 Å². The van der Waals surface area contributed by atoms with Crippen LogP contribution in [0.5, 0.6) is 0 Å². The Morgan fingerprint density at radius 1 is 0.392 bits per heavy atom.